The zero-order valence-electron chi connectivity index (χ0n) is 24.8. The van der Waals surface area contributed by atoms with Crippen LogP contribution in [0.4, 0.5) is 0 Å². The third-order valence-electron chi connectivity index (χ3n) is 8.63. The molecule has 0 aliphatic rings. The Hall–Kier alpha value is -6.33. The Balaban J connectivity index is 1.35. The molecule has 46 heavy (non-hydrogen) atoms. The number of benzene rings is 5. The van der Waals surface area contributed by atoms with Crippen molar-refractivity contribution in [3.63, 3.8) is 0 Å². The summed E-state index contributed by atoms with van der Waals surface area (Å²) in [7, 11) is 0. The highest BCUT2D eigenvalue weighted by atomic mass is 15.1. The van der Waals surface area contributed by atoms with E-state index in [9.17, 15) is 0 Å². The van der Waals surface area contributed by atoms with E-state index >= 15 is 0 Å². The first-order valence-corrected chi connectivity index (χ1v) is 15.4. The maximum Gasteiger partial charge on any atom is 0.164 e. The van der Waals surface area contributed by atoms with Crippen LogP contribution in [0, 0.1) is 0 Å². The molecular formula is C41H27N5. The van der Waals surface area contributed by atoms with E-state index < -0.39 is 0 Å². The summed E-state index contributed by atoms with van der Waals surface area (Å²) in [5, 5.41) is 2.45. The fourth-order valence-electron chi connectivity index (χ4n) is 6.54. The molecule has 0 unspecified atom stereocenters. The van der Waals surface area contributed by atoms with Crippen LogP contribution < -0.4 is 0 Å². The lowest BCUT2D eigenvalue weighted by atomic mass is 10.0. The van der Waals surface area contributed by atoms with Gasteiger partial charge >= 0.3 is 0 Å². The van der Waals surface area contributed by atoms with E-state index in [1.807, 2.05) is 48.9 Å². The van der Waals surface area contributed by atoms with Crippen molar-refractivity contribution in [2.24, 2.45) is 0 Å². The predicted octanol–water partition coefficient (Wildman–Crippen LogP) is 9.91. The van der Waals surface area contributed by atoms with E-state index in [1.54, 1.807) is 0 Å². The Kier molecular flexibility index (Phi) is 6.06. The molecule has 0 radical (unpaired) electrons. The molecule has 4 aromatic heterocycles. The molecule has 9 rings (SSSR count). The van der Waals surface area contributed by atoms with E-state index in [-0.39, 0.29) is 0 Å². The second-order valence-electron chi connectivity index (χ2n) is 11.4. The minimum Gasteiger partial charge on any atom is -0.309 e. The van der Waals surface area contributed by atoms with Crippen molar-refractivity contribution in [3.05, 3.63) is 164 Å². The third-order valence-corrected chi connectivity index (χ3v) is 8.63. The van der Waals surface area contributed by atoms with Gasteiger partial charge in [-0.2, -0.15) is 0 Å². The summed E-state index contributed by atoms with van der Waals surface area (Å²) in [6.07, 6.45) is 5.67. The number of aromatic nitrogens is 5. The molecule has 9 aromatic rings. The Labute approximate surface area is 265 Å². The van der Waals surface area contributed by atoms with E-state index in [0.29, 0.717) is 0 Å². The minimum atomic E-state index is 0.811. The van der Waals surface area contributed by atoms with Gasteiger partial charge < -0.3 is 4.57 Å². The van der Waals surface area contributed by atoms with Gasteiger partial charge in [-0.3, -0.25) is 9.55 Å². The molecule has 0 aliphatic carbocycles. The summed E-state index contributed by atoms with van der Waals surface area (Å²) in [5.74, 6) is 0.826. The van der Waals surface area contributed by atoms with Gasteiger partial charge in [-0.1, -0.05) is 91.0 Å². The highest BCUT2D eigenvalue weighted by molar-refractivity contribution is 6.09. The van der Waals surface area contributed by atoms with Crippen molar-refractivity contribution in [2.75, 3.05) is 0 Å². The fourth-order valence-corrected chi connectivity index (χ4v) is 6.54. The lowest BCUT2D eigenvalue weighted by molar-refractivity contribution is 1.07. The van der Waals surface area contributed by atoms with E-state index in [1.165, 1.54) is 10.8 Å². The number of hydrogen-bond acceptors (Lipinski definition) is 3. The zero-order chi connectivity index (χ0) is 30.5. The second-order valence-corrected chi connectivity index (χ2v) is 11.4. The Morgan fingerprint density at radius 2 is 1.09 bits per heavy atom. The summed E-state index contributed by atoms with van der Waals surface area (Å²) >= 11 is 0. The van der Waals surface area contributed by atoms with Crippen molar-refractivity contribution in [1.82, 2.24) is 24.1 Å². The highest BCUT2D eigenvalue weighted by Crippen LogP contribution is 2.37. The number of hydrogen-bond donors (Lipinski definition) is 0. The van der Waals surface area contributed by atoms with Crippen LogP contribution >= 0.6 is 0 Å². The summed E-state index contributed by atoms with van der Waals surface area (Å²) in [6, 6.07) is 50.8. The molecule has 4 heterocycles. The van der Waals surface area contributed by atoms with Crippen molar-refractivity contribution in [3.8, 4) is 45.0 Å². The number of rotatable bonds is 5. The lowest BCUT2D eigenvalue weighted by Gasteiger charge is -2.15. The van der Waals surface area contributed by atoms with Crippen LogP contribution in [0.1, 0.15) is 0 Å². The summed E-state index contributed by atoms with van der Waals surface area (Å²) in [6.45, 7) is 0. The largest absolute Gasteiger partial charge is 0.309 e. The molecule has 0 spiro atoms. The molecule has 0 amide bonds. The summed E-state index contributed by atoms with van der Waals surface area (Å²) < 4.78 is 4.53. The predicted molar refractivity (Wildman–Crippen MR) is 187 cm³/mol. The number of pyridine rings is 2. The molecule has 0 aliphatic heterocycles. The SMILES string of the molecule is c1ccc(-c2cnc3c(c2)nc(-c2cc(-c4cccnc4)cc(-n4c5ccccc5c5ccccc54)c2)n3-c2ccccc2)cc1. The van der Waals surface area contributed by atoms with Gasteiger partial charge in [0, 0.05) is 57.4 Å². The smallest absolute Gasteiger partial charge is 0.164 e. The molecule has 0 bridgehead atoms. The molecule has 0 saturated heterocycles. The van der Waals surface area contributed by atoms with E-state index in [0.717, 1.165) is 67.2 Å². The van der Waals surface area contributed by atoms with Crippen molar-refractivity contribution in [2.45, 2.75) is 0 Å². The molecule has 0 N–H and O–H groups in total. The van der Waals surface area contributed by atoms with E-state index in [4.69, 9.17) is 9.97 Å². The normalized spacial score (nSPS) is 11.5. The second kappa shape index (κ2) is 10.7. The molecule has 216 valence electrons. The molecular weight excluding hydrogens is 562 g/mol. The minimum absolute atomic E-state index is 0.811. The average molecular weight is 590 g/mol. The van der Waals surface area contributed by atoms with E-state index in [2.05, 4.69) is 129 Å². The number of para-hydroxylation sites is 3. The first-order valence-electron chi connectivity index (χ1n) is 15.4. The Bertz CT molecular complexity index is 2460. The summed E-state index contributed by atoms with van der Waals surface area (Å²) in [4.78, 5) is 14.8. The van der Waals surface area contributed by atoms with Crippen molar-refractivity contribution in [1.29, 1.82) is 0 Å². The maximum absolute atomic E-state index is 5.30. The zero-order valence-corrected chi connectivity index (χ0v) is 24.8. The fraction of sp³-hybridized carbons (Fsp3) is 0. The van der Waals surface area contributed by atoms with Gasteiger partial charge in [0.15, 0.2) is 5.65 Å². The Morgan fingerprint density at radius 3 is 1.80 bits per heavy atom. The molecule has 5 nitrogen and oxygen atoms in total. The lowest BCUT2D eigenvalue weighted by Crippen LogP contribution is -2.01. The standard InChI is InChI=1S/C41H27N5/c1-3-12-28(13-4-1)32-25-37-41(43-27-32)46(33-15-5-2-6-16-33)40(44-37)31-22-30(29-14-11-21-42-26-29)23-34(24-31)45-38-19-9-7-17-35(38)36-18-8-10-20-39(36)45/h1-27H. The highest BCUT2D eigenvalue weighted by Gasteiger charge is 2.20. The molecule has 0 fully saturated rings. The average Bonchev–Trinajstić information content (AvgIpc) is 3.69. The topological polar surface area (TPSA) is 48.5 Å². The van der Waals surface area contributed by atoms with Crippen LogP contribution in [0.15, 0.2) is 164 Å². The van der Waals surface area contributed by atoms with Crippen LogP contribution in [0.2, 0.25) is 0 Å². The number of imidazole rings is 1. The van der Waals surface area contributed by atoms with Crippen LogP contribution in [-0.2, 0) is 0 Å². The molecule has 5 heteroatoms. The van der Waals surface area contributed by atoms with Gasteiger partial charge in [0.1, 0.15) is 11.3 Å². The monoisotopic (exact) mass is 589 g/mol. The molecule has 0 atom stereocenters. The first-order chi connectivity index (χ1) is 22.8. The number of nitrogens with zero attached hydrogens (tertiary/aromatic N) is 5. The number of fused-ring (bicyclic) bond motifs is 4. The van der Waals surface area contributed by atoms with Gasteiger partial charge in [-0.25, -0.2) is 9.97 Å². The molecule has 0 saturated carbocycles. The van der Waals surface area contributed by atoms with Gasteiger partial charge in [-0.15, -0.1) is 0 Å². The first kappa shape index (κ1) is 26.1. The van der Waals surface area contributed by atoms with Crippen LogP contribution in [0.5, 0.6) is 0 Å². The van der Waals surface area contributed by atoms with Gasteiger partial charge in [0.05, 0.1) is 11.0 Å². The van der Waals surface area contributed by atoms with Gasteiger partial charge in [0.25, 0.3) is 0 Å². The van der Waals surface area contributed by atoms with Crippen LogP contribution in [0.25, 0.3) is 78.0 Å². The van der Waals surface area contributed by atoms with Gasteiger partial charge in [0.2, 0.25) is 0 Å². The third kappa shape index (κ3) is 4.29. The van der Waals surface area contributed by atoms with Crippen LogP contribution in [-0.4, -0.2) is 24.1 Å². The van der Waals surface area contributed by atoms with Crippen LogP contribution in [0.3, 0.4) is 0 Å². The molecule has 5 aromatic carbocycles. The Morgan fingerprint density at radius 1 is 0.435 bits per heavy atom. The quantitative estimate of drug-likeness (QED) is 0.201. The van der Waals surface area contributed by atoms with Crippen molar-refractivity contribution >= 4 is 33.0 Å². The summed E-state index contributed by atoms with van der Waals surface area (Å²) in [5.41, 5.74) is 11.3. The van der Waals surface area contributed by atoms with Crippen molar-refractivity contribution < 1.29 is 0 Å². The maximum atomic E-state index is 5.30. The van der Waals surface area contributed by atoms with Gasteiger partial charge in [-0.05, 0) is 65.7 Å².